The molecule has 1 fully saturated rings. The van der Waals surface area contributed by atoms with E-state index in [-0.39, 0.29) is 0 Å². The van der Waals surface area contributed by atoms with Crippen LogP contribution < -0.4 is 16.8 Å². The second-order valence-corrected chi connectivity index (χ2v) is 6.97. The molecule has 0 radical (unpaired) electrons. The maximum atomic E-state index is 6.36. The zero-order chi connectivity index (χ0) is 17.4. The Morgan fingerprint density at radius 2 is 1.84 bits per heavy atom. The highest BCUT2D eigenvalue weighted by atomic mass is 15.3. The second kappa shape index (κ2) is 6.37. The SMILES string of the molecule is Cc1ccc(Nc2c3nccn3nc(N)c2[C@H]2CC[C@H](N)CC2)cc1. The predicted molar refractivity (Wildman–Crippen MR) is 101 cm³/mol. The maximum absolute atomic E-state index is 6.36. The van der Waals surface area contributed by atoms with Gasteiger partial charge in [-0.05, 0) is 50.7 Å². The first-order valence-corrected chi connectivity index (χ1v) is 8.84. The summed E-state index contributed by atoms with van der Waals surface area (Å²) < 4.78 is 1.74. The molecule has 3 aromatic rings. The third kappa shape index (κ3) is 3.05. The highest BCUT2D eigenvalue weighted by Crippen LogP contribution is 2.41. The fourth-order valence-electron chi connectivity index (χ4n) is 3.70. The van der Waals surface area contributed by atoms with Gasteiger partial charge < -0.3 is 16.8 Å². The Balaban J connectivity index is 1.80. The zero-order valence-electron chi connectivity index (χ0n) is 14.4. The van der Waals surface area contributed by atoms with E-state index < -0.39 is 0 Å². The van der Waals surface area contributed by atoms with Crippen molar-refractivity contribution in [2.75, 3.05) is 11.1 Å². The van der Waals surface area contributed by atoms with Gasteiger partial charge in [0, 0.05) is 29.7 Å². The average molecular weight is 336 g/mol. The minimum absolute atomic E-state index is 0.300. The minimum atomic E-state index is 0.300. The number of rotatable bonds is 3. The van der Waals surface area contributed by atoms with Crippen molar-refractivity contribution < 1.29 is 0 Å². The molecule has 1 aromatic carbocycles. The summed E-state index contributed by atoms with van der Waals surface area (Å²) in [6.07, 6.45) is 7.69. The van der Waals surface area contributed by atoms with Crippen molar-refractivity contribution in [3.05, 3.63) is 47.8 Å². The van der Waals surface area contributed by atoms with Gasteiger partial charge in [-0.2, -0.15) is 0 Å². The number of imidazole rings is 1. The lowest BCUT2D eigenvalue weighted by atomic mass is 9.81. The van der Waals surface area contributed by atoms with Gasteiger partial charge in [-0.1, -0.05) is 17.7 Å². The molecule has 2 aromatic heterocycles. The first-order valence-electron chi connectivity index (χ1n) is 8.84. The molecule has 0 spiro atoms. The fraction of sp³-hybridized carbons (Fsp3) is 0.368. The maximum Gasteiger partial charge on any atom is 0.177 e. The lowest BCUT2D eigenvalue weighted by Gasteiger charge is -2.28. The molecule has 2 heterocycles. The van der Waals surface area contributed by atoms with Crippen LogP contribution in [0.5, 0.6) is 0 Å². The molecule has 4 rings (SSSR count). The molecule has 0 amide bonds. The van der Waals surface area contributed by atoms with Gasteiger partial charge in [0.15, 0.2) is 5.65 Å². The summed E-state index contributed by atoms with van der Waals surface area (Å²) in [6.45, 7) is 2.08. The number of nitrogens with zero attached hydrogens (tertiary/aromatic N) is 3. The lowest BCUT2D eigenvalue weighted by Crippen LogP contribution is -2.26. The molecule has 130 valence electrons. The largest absolute Gasteiger partial charge is 0.382 e. The Hall–Kier alpha value is -2.60. The van der Waals surface area contributed by atoms with Crippen molar-refractivity contribution >= 4 is 22.8 Å². The topological polar surface area (TPSA) is 94.3 Å². The second-order valence-electron chi connectivity index (χ2n) is 6.97. The van der Waals surface area contributed by atoms with E-state index in [1.807, 2.05) is 6.20 Å². The molecule has 1 aliphatic rings. The molecule has 0 unspecified atom stereocenters. The van der Waals surface area contributed by atoms with E-state index in [0.29, 0.717) is 17.8 Å². The van der Waals surface area contributed by atoms with Gasteiger partial charge in [0.1, 0.15) is 5.82 Å². The molecule has 6 nitrogen and oxygen atoms in total. The van der Waals surface area contributed by atoms with Gasteiger partial charge >= 0.3 is 0 Å². The Bertz CT molecular complexity index is 875. The molecule has 0 atom stereocenters. The van der Waals surface area contributed by atoms with Crippen LogP contribution in [-0.4, -0.2) is 20.6 Å². The van der Waals surface area contributed by atoms with E-state index in [0.717, 1.165) is 48.3 Å². The monoisotopic (exact) mass is 336 g/mol. The Morgan fingerprint density at radius 3 is 2.56 bits per heavy atom. The van der Waals surface area contributed by atoms with Gasteiger partial charge in [0.2, 0.25) is 0 Å². The number of nitrogens with one attached hydrogen (secondary N) is 1. The van der Waals surface area contributed by atoms with Crippen molar-refractivity contribution in [1.82, 2.24) is 14.6 Å². The number of hydrogen-bond acceptors (Lipinski definition) is 5. The molecule has 25 heavy (non-hydrogen) atoms. The van der Waals surface area contributed by atoms with Crippen molar-refractivity contribution in [2.24, 2.45) is 5.73 Å². The summed E-state index contributed by atoms with van der Waals surface area (Å²) in [7, 11) is 0. The zero-order valence-corrected chi connectivity index (χ0v) is 14.4. The number of nitrogens with two attached hydrogens (primary N) is 2. The van der Waals surface area contributed by atoms with E-state index in [9.17, 15) is 0 Å². The first kappa shape index (κ1) is 15.9. The van der Waals surface area contributed by atoms with Crippen LogP contribution in [-0.2, 0) is 0 Å². The van der Waals surface area contributed by atoms with Crippen molar-refractivity contribution in [3.8, 4) is 0 Å². The van der Waals surface area contributed by atoms with Crippen LogP contribution in [0.25, 0.3) is 5.65 Å². The molecule has 1 saturated carbocycles. The summed E-state index contributed by atoms with van der Waals surface area (Å²) in [5, 5.41) is 8.05. The van der Waals surface area contributed by atoms with Crippen LogP contribution in [0.2, 0.25) is 0 Å². The Morgan fingerprint density at radius 1 is 1.12 bits per heavy atom. The summed E-state index contributed by atoms with van der Waals surface area (Å²) >= 11 is 0. The van der Waals surface area contributed by atoms with E-state index in [1.54, 1.807) is 10.7 Å². The smallest absolute Gasteiger partial charge is 0.177 e. The Kier molecular flexibility index (Phi) is 4.05. The van der Waals surface area contributed by atoms with Crippen LogP contribution in [0.4, 0.5) is 17.2 Å². The number of benzene rings is 1. The normalized spacial score (nSPS) is 20.7. The van der Waals surface area contributed by atoms with Gasteiger partial charge in [-0.25, -0.2) is 9.50 Å². The molecule has 6 heteroatoms. The van der Waals surface area contributed by atoms with Gasteiger partial charge in [-0.15, -0.1) is 5.10 Å². The summed E-state index contributed by atoms with van der Waals surface area (Å²) in [5.74, 6) is 0.933. The molecule has 0 saturated heterocycles. The van der Waals surface area contributed by atoms with Crippen LogP contribution in [0.15, 0.2) is 36.7 Å². The van der Waals surface area contributed by atoms with E-state index in [4.69, 9.17) is 11.5 Å². The standard InChI is InChI=1S/C19H24N6/c1-12-2-8-15(9-3-12)23-17-16(13-4-6-14(20)7-5-13)18(21)24-25-11-10-22-19(17)25/h2-3,8-11,13-14,23H,4-7,20H2,1H3,(H2,21,24)/t13-,14-. The number of aromatic nitrogens is 3. The summed E-state index contributed by atoms with van der Waals surface area (Å²) in [6, 6.07) is 8.64. The highest BCUT2D eigenvalue weighted by Gasteiger charge is 2.27. The quantitative estimate of drug-likeness (QED) is 0.682. The molecule has 5 N–H and O–H groups in total. The number of anilines is 3. The molecular weight excluding hydrogens is 312 g/mol. The van der Waals surface area contributed by atoms with Crippen molar-refractivity contribution in [2.45, 2.75) is 44.6 Å². The van der Waals surface area contributed by atoms with Gasteiger partial charge in [-0.3, -0.25) is 0 Å². The third-order valence-electron chi connectivity index (χ3n) is 5.11. The first-order chi connectivity index (χ1) is 12.1. The number of fused-ring (bicyclic) bond motifs is 1. The fourth-order valence-corrected chi connectivity index (χ4v) is 3.70. The van der Waals surface area contributed by atoms with Crippen LogP contribution >= 0.6 is 0 Å². The van der Waals surface area contributed by atoms with E-state index in [1.165, 1.54) is 5.56 Å². The highest BCUT2D eigenvalue weighted by molar-refractivity contribution is 5.80. The van der Waals surface area contributed by atoms with Crippen LogP contribution in [0.1, 0.15) is 42.7 Å². The number of nitrogen functional groups attached to an aromatic ring is 1. The summed E-state index contributed by atoms with van der Waals surface area (Å²) in [4.78, 5) is 4.50. The predicted octanol–water partition coefficient (Wildman–Crippen LogP) is 3.35. The average Bonchev–Trinajstić information content (AvgIpc) is 3.06. The third-order valence-corrected chi connectivity index (χ3v) is 5.11. The molecular formula is C19H24N6. The van der Waals surface area contributed by atoms with Crippen LogP contribution in [0, 0.1) is 6.92 Å². The number of hydrogen-bond donors (Lipinski definition) is 3. The molecule has 1 aliphatic carbocycles. The molecule has 0 aliphatic heterocycles. The van der Waals surface area contributed by atoms with Crippen molar-refractivity contribution in [3.63, 3.8) is 0 Å². The van der Waals surface area contributed by atoms with E-state index in [2.05, 4.69) is 46.6 Å². The van der Waals surface area contributed by atoms with Gasteiger partial charge in [0.25, 0.3) is 0 Å². The van der Waals surface area contributed by atoms with Crippen molar-refractivity contribution in [1.29, 1.82) is 0 Å². The van der Waals surface area contributed by atoms with Gasteiger partial charge in [0.05, 0.1) is 5.69 Å². The minimum Gasteiger partial charge on any atom is -0.382 e. The number of aryl methyl sites for hydroxylation is 1. The lowest BCUT2D eigenvalue weighted by molar-refractivity contribution is 0.396. The van der Waals surface area contributed by atoms with E-state index >= 15 is 0 Å². The summed E-state index contributed by atoms with van der Waals surface area (Å²) in [5.41, 5.74) is 17.5. The van der Waals surface area contributed by atoms with Crippen LogP contribution in [0.3, 0.4) is 0 Å². The Labute approximate surface area is 147 Å². The molecule has 0 bridgehead atoms.